The zero-order valence-electron chi connectivity index (χ0n) is 4.59. The molecule has 0 aromatic heterocycles. The molecule has 3 saturated heterocycles. The highest BCUT2D eigenvalue weighted by Crippen LogP contribution is 2.17. The van der Waals surface area contributed by atoms with Gasteiger partial charge in [0.25, 0.3) is 0 Å². The summed E-state index contributed by atoms with van der Waals surface area (Å²) in [6, 6.07) is 1.41. The van der Waals surface area contributed by atoms with Gasteiger partial charge in [-0.1, -0.05) is 0 Å². The van der Waals surface area contributed by atoms with Crippen LogP contribution in [0.15, 0.2) is 0 Å². The molecule has 0 spiro atoms. The largest absolute Gasteiger partial charge is 0.378 e. The molecular weight excluding hydrogens is 126 g/mol. The molecule has 2 nitrogen and oxygen atoms in total. The van der Waals surface area contributed by atoms with E-state index in [1.54, 1.807) is 0 Å². The van der Waals surface area contributed by atoms with E-state index in [1.807, 2.05) is 0 Å². The minimum atomic E-state index is 0. The highest BCUT2D eigenvalue weighted by atomic mass is 35.5. The van der Waals surface area contributed by atoms with Crippen molar-refractivity contribution in [3.8, 4) is 0 Å². The Hall–Kier alpha value is 0.210. The Kier molecular flexibility index (Phi) is 1.75. The van der Waals surface area contributed by atoms with Crippen LogP contribution in [0.4, 0.5) is 0 Å². The molecule has 0 amide bonds. The fourth-order valence-corrected chi connectivity index (χ4v) is 1.24. The van der Waals surface area contributed by atoms with E-state index in [0.717, 1.165) is 13.2 Å². The molecule has 0 unspecified atom stereocenters. The number of hydrogen-bond donors (Lipinski definition) is 1. The lowest BCUT2D eigenvalue weighted by Crippen LogP contribution is -2.60. The maximum absolute atomic E-state index is 5.17. The molecule has 3 heterocycles. The molecule has 3 heteroatoms. The summed E-state index contributed by atoms with van der Waals surface area (Å²) in [7, 11) is 0. The summed E-state index contributed by atoms with van der Waals surface area (Å²) in [5, 5.41) is 3.35. The first-order valence-electron chi connectivity index (χ1n) is 2.79. The second-order valence-corrected chi connectivity index (χ2v) is 2.33. The summed E-state index contributed by atoms with van der Waals surface area (Å²) in [6.45, 7) is 1.88. The third-order valence-electron chi connectivity index (χ3n) is 1.68. The molecular formula is C5H10ClNO. The normalized spacial score (nSPS) is 42.0. The fraction of sp³-hybridized carbons (Fsp3) is 1.00. The van der Waals surface area contributed by atoms with Crippen molar-refractivity contribution in [3.63, 3.8) is 0 Å². The zero-order valence-corrected chi connectivity index (χ0v) is 5.41. The van der Waals surface area contributed by atoms with Crippen LogP contribution in [0, 0.1) is 0 Å². The van der Waals surface area contributed by atoms with Crippen LogP contribution in [0.3, 0.4) is 0 Å². The predicted octanol–water partition coefficient (Wildman–Crippen LogP) is 0.169. The Bertz CT molecular complexity index is 69.0. The van der Waals surface area contributed by atoms with Crippen LogP contribution in [0.25, 0.3) is 0 Å². The number of fused-ring (bicyclic) bond motifs is 2. The fourth-order valence-electron chi connectivity index (χ4n) is 1.24. The van der Waals surface area contributed by atoms with Gasteiger partial charge in [0.2, 0.25) is 0 Å². The van der Waals surface area contributed by atoms with Crippen LogP contribution in [-0.4, -0.2) is 25.3 Å². The quantitative estimate of drug-likeness (QED) is 0.511. The van der Waals surface area contributed by atoms with E-state index in [1.165, 1.54) is 6.42 Å². The summed E-state index contributed by atoms with van der Waals surface area (Å²) < 4.78 is 5.17. The third-order valence-corrected chi connectivity index (χ3v) is 1.68. The van der Waals surface area contributed by atoms with Gasteiger partial charge >= 0.3 is 0 Å². The topological polar surface area (TPSA) is 21.3 Å². The molecule has 48 valence electrons. The minimum absolute atomic E-state index is 0. The number of halogens is 1. The molecule has 2 bridgehead atoms. The first-order chi connectivity index (χ1) is 3.45. The Morgan fingerprint density at radius 3 is 1.88 bits per heavy atom. The SMILES string of the molecule is C1OC[C@H]2C[C@@H]1N2.Cl. The van der Waals surface area contributed by atoms with Crippen molar-refractivity contribution >= 4 is 12.4 Å². The molecule has 0 saturated carbocycles. The molecule has 3 aliphatic rings. The predicted molar refractivity (Wildman–Crippen MR) is 33.4 cm³/mol. The Labute approximate surface area is 55.0 Å². The lowest BCUT2D eigenvalue weighted by atomic mass is 9.96. The highest BCUT2D eigenvalue weighted by molar-refractivity contribution is 5.85. The molecule has 3 rings (SSSR count). The van der Waals surface area contributed by atoms with Gasteiger partial charge in [0.05, 0.1) is 13.2 Å². The van der Waals surface area contributed by atoms with Gasteiger partial charge in [-0.25, -0.2) is 0 Å². The smallest absolute Gasteiger partial charge is 0.0621 e. The van der Waals surface area contributed by atoms with Crippen molar-refractivity contribution in [2.45, 2.75) is 18.5 Å². The van der Waals surface area contributed by atoms with Crippen molar-refractivity contribution in [2.24, 2.45) is 0 Å². The Balaban J connectivity index is 0.000000320. The third kappa shape index (κ3) is 0.835. The van der Waals surface area contributed by atoms with E-state index in [2.05, 4.69) is 5.32 Å². The van der Waals surface area contributed by atoms with E-state index >= 15 is 0 Å². The van der Waals surface area contributed by atoms with Crippen LogP contribution in [0.5, 0.6) is 0 Å². The minimum Gasteiger partial charge on any atom is -0.378 e. The van der Waals surface area contributed by atoms with Gasteiger partial charge in [0.15, 0.2) is 0 Å². The Morgan fingerprint density at radius 2 is 1.75 bits per heavy atom. The molecule has 3 aliphatic heterocycles. The molecule has 8 heavy (non-hydrogen) atoms. The van der Waals surface area contributed by atoms with Crippen molar-refractivity contribution in [1.82, 2.24) is 5.32 Å². The number of morpholine rings is 1. The van der Waals surface area contributed by atoms with Crippen molar-refractivity contribution in [1.29, 1.82) is 0 Å². The molecule has 2 atom stereocenters. The zero-order chi connectivity index (χ0) is 4.69. The summed E-state index contributed by atoms with van der Waals surface area (Å²) in [5.41, 5.74) is 0. The highest BCUT2D eigenvalue weighted by Gasteiger charge is 2.32. The van der Waals surface area contributed by atoms with E-state index in [-0.39, 0.29) is 12.4 Å². The van der Waals surface area contributed by atoms with Crippen LogP contribution in [0.2, 0.25) is 0 Å². The molecule has 0 aromatic carbocycles. The summed E-state index contributed by atoms with van der Waals surface area (Å²) in [6.07, 6.45) is 1.35. The number of hydrogen-bond acceptors (Lipinski definition) is 2. The van der Waals surface area contributed by atoms with Gasteiger partial charge < -0.3 is 10.1 Å². The molecule has 0 aromatic rings. The molecule has 3 fully saturated rings. The maximum atomic E-state index is 5.17. The van der Waals surface area contributed by atoms with Crippen LogP contribution >= 0.6 is 12.4 Å². The second kappa shape index (κ2) is 2.21. The number of ether oxygens (including phenoxy) is 1. The number of nitrogens with one attached hydrogen (secondary N) is 1. The van der Waals surface area contributed by atoms with Gasteiger partial charge in [0, 0.05) is 12.1 Å². The van der Waals surface area contributed by atoms with Crippen LogP contribution in [0.1, 0.15) is 6.42 Å². The van der Waals surface area contributed by atoms with Gasteiger partial charge in [-0.05, 0) is 6.42 Å². The van der Waals surface area contributed by atoms with E-state index in [0.29, 0.717) is 12.1 Å². The first-order valence-corrected chi connectivity index (χ1v) is 2.79. The van der Waals surface area contributed by atoms with E-state index in [9.17, 15) is 0 Å². The van der Waals surface area contributed by atoms with Crippen molar-refractivity contribution in [3.05, 3.63) is 0 Å². The first kappa shape index (κ1) is 6.33. The van der Waals surface area contributed by atoms with Gasteiger partial charge in [0.1, 0.15) is 0 Å². The van der Waals surface area contributed by atoms with Gasteiger partial charge in [-0.3, -0.25) is 0 Å². The average Bonchev–Trinajstić information content (AvgIpc) is 1.67. The monoisotopic (exact) mass is 135 g/mol. The second-order valence-electron chi connectivity index (χ2n) is 2.33. The lowest BCUT2D eigenvalue weighted by Gasteiger charge is -2.42. The van der Waals surface area contributed by atoms with Gasteiger partial charge in [-0.15, -0.1) is 12.4 Å². The van der Waals surface area contributed by atoms with Crippen LogP contribution < -0.4 is 5.32 Å². The van der Waals surface area contributed by atoms with Gasteiger partial charge in [-0.2, -0.15) is 0 Å². The standard InChI is InChI=1S/C5H9NO.ClH/c1-4-2-7-3-5(1)6-4;/h4-6H,1-3H2;1H/t4-,5+;. The summed E-state index contributed by atoms with van der Waals surface area (Å²) in [5.74, 6) is 0. The average molecular weight is 136 g/mol. The lowest BCUT2D eigenvalue weighted by molar-refractivity contribution is -0.0172. The molecule has 0 radical (unpaired) electrons. The molecule has 1 N–H and O–H groups in total. The number of rotatable bonds is 0. The Morgan fingerprint density at radius 1 is 1.25 bits per heavy atom. The summed E-state index contributed by atoms with van der Waals surface area (Å²) in [4.78, 5) is 0. The van der Waals surface area contributed by atoms with Crippen LogP contribution in [-0.2, 0) is 4.74 Å². The molecule has 0 aliphatic carbocycles. The van der Waals surface area contributed by atoms with E-state index < -0.39 is 0 Å². The van der Waals surface area contributed by atoms with Crippen molar-refractivity contribution < 1.29 is 4.74 Å². The maximum Gasteiger partial charge on any atom is 0.0621 e. The summed E-state index contributed by atoms with van der Waals surface area (Å²) >= 11 is 0. The van der Waals surface area contributed by atoms with Crippen molar-refractivity contribution in [2.75, 3.05) is 13.2 Å². The van der Waals surface area contributed by atoms with E-state index in [4.69, 9.17) is 4.74 Å².